The Morgan fingerprint density at radius 1 is 0.947 bits per heavy atom. The van der Waals surface area contributed by atoms with Gasteiger partial charge in [0.1, 0.15) is 0 Å². The highest BCUT2D eigenvalue weighted by Gasteiger charge is 2.24. The highest BCUT2D eigenvalue weighted by Crippen LogP contribution is 2.41. The van der Waals surface area contributed by atoms with Gasteiger partial charge in [0.05, 0.1) is 7.85 Å². The fourth-order valence-electron chi connectivity index (χ4n) is 2.85. The smallest absolute Gasteiger partial charge is 0.0683 e. The van der Waals surface area contributed by atoms with E-state index in [4.69, 9.17) is 7.85 Å². The summed E-state index contributed by atoms with van der Waals surface area (Å²) >= 11 is 0. The number of hydrogen-bond acceptors (Lipinski definition) is 0. The van der Waals surface area contributed by atoms with Crippen LogP contribution in [0.1, 0.15) is 30.8 Å². The predicted octanol–water partition coefficient (Wildman–Crippen LogP) is 4.62. The molecule has 0 nitrogen and oxygen atoms in total. The monoisotopic (exact) mass is 244 g/mol. The van der Waals surface area contributed by atoms with E-state index in [2.05, 4.69) is 62.4 Å². The fraction of sp³-hybridized carbons (Fsp3) is 0.222. The maximum absolute atomic E-state index is 6.37. The summed E-state index contributed by atoms with van der Waals surface area (Å²) in [5.74, 6) is 0.546. The van der Waals surface area contributed by atoms with Crippen LogP contribution in [0.2, 0.25) is 0 Å². The lowest BCUT2D eigenvalue weighted by Crippen LogP contribution is -2.03. The van der Waals surface area contributed by atoms with Gasteiger partial charge in [0.25, 0.3) is 0 Å². The molecular formula is C18H17B. The first-order valence-electron chi connectivity index (χ1n) is 6.84. The molecule has 0 heterocycles. The van der Waals surface area contributed by atoms with Crippen molar-refractivity contribution in [1.29, 1.82) is 0 Å². The first-order valence-corrected chi connectivity index (χ1v) is 6.84. The molecule has 2 aromatic rings. The maximum Gasteiger partial charge on any atom is 0.0824 e. The van der Waals surface area contributed by atoms with E-state index in [0.717, 1.165) is 0 Å². The van der Waals surface area contributed by atoms with Crippen LogP contribution in [0.5, 0.6) is 0 Å². The third-order valence-corrected chi connectivity index (χ3v) is 3.90. The zero-order chi connectivity index (χ0) is 13.4. The number of allylic oxidation sites excluding steroid dienone is 1. The predicted molar refractivity (Wildman–Crippen MR) is 83.2 cm³/mol. The average Bonchev–Trinajstić information content (AvgIpc) is 2.78. The van der Waals surface area contributed by atoms with E-state index in [0.29, 0.717) is 5.92 Å². The quantitative estimate of drug-likeness (QED) is 0.676. The molecule has 0 aromatic heterocycles. The molecule has 1 aliphatic carbocycles. The zero-order valence-electron chi connectivity index (χ0n) is 11.4. The highest BCUT2D eigenvalue weighted by atomic mass is 14.3. The molecule has 2 radical (unpaired) electrons. The average molecular weight is 244 g/mol. The van der Waals surface area contributed by atoms with Gasteiger partial charge in [0.2, 0.25) is 0 Å². The van der Waals surface area contributed by atoms with Crippen LogP contribution in [0, 0.1) is 5.92 Å². The molecule has 1 atom stereocenters. The van der Waals surface area contributed by atoms with Crippen LogP contribution in [0.25, 0.3) is 17.2 Å². The van der Waals surface area contributed by atoms with E-state index in [-0.39, 0.29) is 5.82 Å². The Labute approximate surface area is 116 Å². The molecule has 1 unspecified atom stereocenters. The molecule has 1 heteroatoms. The second-order valence-corrected chi connectivity index (χ2v) is 5.45. The Bertz CT molecular complexity index is 623. The molecule has 2 aromatic carbocycles. The van der Waals surface area contributed by atoms with Crippen molar-refractivity contribution in [2.45, 2.75) is 19.7 Å². The van der Waals surface area contributed by atoms with Crippen molar-refractivity contribution in [2.75, 3.05) is 0 Å². The SMILES string of the molecule is [B]C1C(C(C)C)=Cc2c(-c3ccccc3)cccc21. The van der Waals surface area contributed by atoms with Crippen LogP contribution in [0.15, 0.2) is 54.1 Å². The van der Waals surface area contributed by atoms with Gasteiger partial charge in [0.15, 0.2) is 0 Å². The van der Waals surface area contributed by atoms with Crippen LogP contribution in [0.4, 0.5) is 0 Å². The third-order valence-electron chi connectivity index (χ3n) is 3.90. The van der Waals surface area contributed by atoms with Crippen LogP contribution < -0.4 is 0 Å². The molecule has 3 rings (SSSR count). The molecule has 0 fully saturated rings. The van der Waals surface area contributed by atoms with Gasteiger partial charge >= 0.3 is 0 Å². The van der Waals surface area contributed by atoms with Crippen LogP contribution in [0.3, 0.4) is 0 Å². The van der Waals surface area contributed by atoms with Gasteiger partial charge in [-0.05, 0) is 34.0 Å². The summed E-state index contributed by atoms with van der Waals surface area (Å²) in [7, 11) is 6.37. The van der Waals surface area contributed by atoms with Gasteiger partial charge < -0.3 is 0 Å². The number of fused-ring (bicyclic) bond motifs is 1. The standard InChI is InChI=1S/C18H17B/c1-12(2)16-11-17-14(13-7-4-3-5-8-13)9-6-10-15(17)18(16)19/h3-12,18H,1-2H3. The van der Waals surface area contributed by atoms with E-state index in [1.54, 1.807) is 0 Å². The Kier molecular flexibility index (Phi) is 3.06. The van der Waals surface area contributed by atoms with Crippen molar-refractivity contribution in [3.05, 3.63) is 65.2 Å². The molecule has 1 aliphatic rings. The number of rotatable bonds is 2. The Hall–Kier alpha value is -1.76. The summed E-state index contributed by atoms with van der Waals surface area (Å²) in [6, 6.07) is 17.0. The van der Waals surface area contributed by atoms with Crippen molar-refractivity contribution in [1.82, 2.24) is 0 Å². The topological polar surface area (TPSA) is 0 Å². The Morgan fingerprint density at radius 3 is 2.37 bits per heavy atom. The van der Waals surface area contributed by atoms with Crippen LogP contribution >= 0.6 is 0 Å². The minimum Gasteiger partial charge on any atom is -0.0683 e. The van der Waals surface area contributed by atoms with Gasteiger partial charge in [-0.3, -0.25) is 0 Å². The Morgan fingerprint density at radius 2 is 1.68 bits per heavy atom. The second-order valence-electron chi connectivity index (χ2n) is 5.45. The minimum absolute atomic E-state index is 0.0543. The van der Waals surface area contributed by atoms with Crippen molar-refractivity contribution in [3.63, 3.8) is 0 Å². The lowest BCUT2D eigenvalue weighted by atomic mass is 9.75. The number of benzene rings is 2. The normalized spacial score (nSPS) is 17.4. The van der Waals surface area contributed by atoms with E-state index < -0.39 is 0 Å². The summed E-state index contributed by atoms with van der Waals surface area (Å²) in [5.41, 5.74) is 6.42. The van der Waals surface area contributed by atoms with Gasteiger partial charge in [-0.25, -0.2) is 0 Å². The van der Waals surface area contributed by atoms with E-state index in [1.165, 1.54) is 27.8 Å². The van der Waals surface area contributed by atoms with Crippen molar-refractivity contribution in [3.8, 4) is 11.1 Å². The molecule has 0 spiro atoms. The first-order chi connectivity index (χ1) is 9.18. The van der Waals surface area contributed by atoms with E-state index in [1.807, 2.05) is 6.07 Å². The van der Waals surface area contributed by atoms with E-state index in [9.17, 15) is 0 Å². The van der Waals surface area contributed by atoms with Crippen molar-refractivity contribution < 1.29 is 0 Å². The molecule has 0 saturated heterocycles. The summed E-state index contributed by atoms with van der Waals surface area (Å²) in [5, 5.41) is 0. The summed E-state index contributed by atoms with van der Waals surface area (Å²) in [6.45, 7) is 4.42. The molecular weight excluding hydrogens is 227 g/mol. The van der Waals surface area contributed by atoms with Gasteiger partial charge in [0, 0.05) is 0 Å². The van der Waals surface area contributed by atoms with Gasteiger partial charge in [-0.1, -0.05) is 74.0 Å². The molecule has 0 amide bonds. The van der Waals surface area contributed by atoms with Gasteiger partial charge in [-0.2, -0.15) is 0 Å². The Balaban J connectivity index is 2.17. The molecule has 0 saturated carbocycles. The lowest BCUT2D eigenvalue weighted by Gasteiger charge is -2.15. The molecule has 0 N–H and O–H groups in total. The molecule has 0 aliphatic heterocycles. The minimum atomic E-state index is 0.0543. The summed E-state index contributed by atoms with van der Waals surface area (Å²) in [6.07, 6.45) is 2.28. The first kappa shape index (κ1) is 12.3. The number of hydrogen-bond donors (Lipinski definition) is 0. The van der Waals surface area contributed by atoms with Crippen LogP contribution in [-0.4, -0.2) is 7.85 Å². The molecule has 92 valence electrons. The summed E-state index contributed by atoms with van der Waals surface area (Å²) < 4.78 is 0. The van der Waals surface area contributed by atoms with Crippen molar-refractivity contribution >= 4 is 13.9 Å². The zero-order valence-corrected chi connectivity index (χ0v) is 11.4. The van der Waals surface area contributed by atoms with E-state index >= 15 is 0 Å². The molecule has 0 bridgehead atoms. The second kappa shape index (κ2) is 4.73. The van der Waals surface area contributed by atoms with Crippen molar-refractivity contribution in [2.24, 2.45) is 5.92 Å². The third kappa shape index (κ3) is 2.04. The largest absolute Gasteiger partial charge is 0.0824 e. The molecule has 19 heavy (non-hydrogen) atoms. The summed E-state index contributed by atoms with van der Waals surface area (Å²) in [4.78, 5) is 0. The maximum atomic E-state index is 6.37. The van der Waals surface area contributed by atoms with Crippen LogP contribution in [-0.2, 0) is 0 Å². The lowest BCUT2D eigenvalue weighted by molar-refractivity contribution is 0.746. The fourth-order valence-corrected chi connectivity index (χ4v) is 2.85. The highest BCUT2D eigenvalue weighted by molar-refractivity contribution is 6.16. The van der Waals surface area contributed by atoms with Gasteiger partial charge in [-0.15, -0.1) is 0 Å².